The zero-order valence-corrected chi connectivity index (χ0v) is 9.87. The van der Waals surface area contributed by atoms with Gasteiger partial charge >= 0.3 is 0 Å². The zero-order chi connectivity index (χ0) is 13.4. The second-order valence-electron chi connectivity index (χ2n) is 4.36. The number of hydrogen-bond acceptors (Lipinski definition) is 5. The first kappa shape index (κ1) is 11.5. The number of carbonyl (C=O) groups excluding carboxylic acids is 3. The van der Waals surface area contributed by atoms with Crippen LogP contribution in [0.3, 0.4) is 0 Å². The van der Waals surface area contributed by atoms with Crippen molar-refractivity contribution in [3.63, 3.8) is 0 Å². The van der Waals surface area contributed by atoms with Crippen LogP contribution in [0.1, 0.15) is 34.8 Å². The van der Waals surface area contributed by atoms with Crippen LogP contribution in [0, 0.1) is 0 Å². The smallest absolute Gasteiger partial charge is 0.234 e. The van der Waals surface area contributed by atoms with Gasteiger partial charge in [-0.05, 0) is 12.5 Å². The summed E-state index contributed by atoms with van der Waals surface area (Å²) in [7, 11) is 0. The number of hydrogen-bond donors (Lipinski definition) is 1. The van der Waals surface area contributed by atoms with Gasteiger partial charge in [-0.1, -0.05) is 6.07 Å². The predicted octanol–water partition coefficient (Wildman–Crippen LogP) is 0.0620. The van der Waals surface area contributed by atoms with Gasteiger partial charge < -0.3 is 0 Å². The molecule has 1 fully saturated rings. The van der Waals surface area contributed by atoms with E-state index in [2.05, 4.69) is 15.5 Å². The second-order valence-corrected chi connectivity index (χ2v) is 4.36. The van der Waals surface area contributed by atoms with Gasteiger partial charge in [-0.15, -0.1) is 10.2 Å². The summed E-state index contributed by atoms with van der Waals surface area (Å²) >= 11 is 0. The lowest BCUT2D eigenvalue weighted by Gasteiger charge is -2.21. The van der Waals surface area contributed by atoms with Crippen molar-refractivity contribution in [3.8, 4) is 0 Å². The van der Waals surface area contributed by atoms with Gasteiger partial charge in [0.2, 0.25) is 11.8 Å². The van der Waals surface area contributed by atoms with Crippen molar-refractivity contribution < 1.29 is 14.4 Å². The van der Waals surface area contributed by atoms with Gasteiger partial charge in [0.05, 0.1) is 11.6 Å². The molecule has 19 heavy (non-hydrogen) atoms. The molecule has 2 aromatic rings. The van der Waals surface area contributed by atoms with Gasteiger partial charge in [-0.3, -0.25) is 24.1 Å². The van der Waals surface area contributed by atoms with E-state index >= 15 is 0 Å². The molecular formula is C12H10N4O3. The lowest BCUT2D eigenvalue weighted by atomic mass is 9.91. The summed E-state index contributed by atoms with van der Waals surface area (Å²) < 4.78 is 1.53. The molecule has 1 atom stereocenters. The highest BCUT2D eigenvalue weighted by Gasteiger charge is 2.30. The molecule has 1 aliphatic heterocycles. The summed E-state index contributed by atoms with van der Waals surface area (Å²) in [6.45, 7) is 0. The van der Waals surface area contributed by atoms with Crippen LogP contribution >= 0.6 is 0 Å². The normalized spacial score (nSPS) is 19.5. The third kappa shape index (κ3) is 1.79. The predicted molar refractivity (Wildman–Crippen MR) is 63.5 cm³/mol. The highest BCUT2D eigenvalue weighted by molar-refractivity contribution is 6.01. The Balaban J connectivity index is 2.11. The van der Waals surface area contributed by atoms with Crippen LogP contribution in [-0.4, -0.2) is 32.7 Å². The van der Waals surface area contributed by atoms with Crippen molar-refractivity contribution in [2.24, 2.45) is 0 Å². The number of amides is 2. The van der Waals surface area contributed by atoms with Crippen molar-refractivity contribution in [1.29, 1.82) is 0 Å². The van der Waals surface area contributed by atoms with Crippen LogP contribution in [0.5, 0.6) is 0 Å². The van der Waals surface area contributed by atoms with E-state index in [9.17, 15) is 14.4 Å². The zero-order valence-electron chi connectivity index (χ0n) is 9.87. The average Bonchev–Trinajstić information content (AvgIpc) is 2.87. The lowest BCUT2D eigenvalue weighted by Crippen LogP contribution is -2.39. The maximum absolute atomic E-state index is 11.9. The van der Waals surface area contributed by atoms with Crippen molar-refractivity contribution >= 4 is 23.7 Å². The molecule has 0 bridgehead atoms. The highest BCUT2D eigenvalue weighted by Crippen LogP contribution is 2.27. The number of carbonyl (C=O) groups is 3. The molecule has 0 aliphatic carbocycles. The molecule has 2 aromatic heterocycles. The molecule has 1 saturated heterocycles. The molecule has 3 heterocycles. The highest BCUT2D eigenvalue weighted by atomic mass is 16.2. The minimum Gasteiger partial charge on any atom is -0.296 e. The van der Waals surface area contributed by atoms with Crippen LogP contribution < -0.4 is 5.32 Å². The topological polar surface area (TPSA) is 93.4 Å². The molecular weight excluding hydrogens is 248 g/mol. The van der Waals surface area contributed by atoms with Crippen molar-refractivity contribution in [2.45, 2.75) is 18.8 Å². The van der Waals surface area contributed by atoms with E-state index in [1.54, 1.807) is 12.1 Å². The van der Waals surface area contributed by atoms with Gasteiger partial charge in [0.25, 0.3) is 0 Å². The second kappa shape index (κ2) is 4.27. The van der Waals surface area contributed by atoms with Crippen LogP contribution in [-0.2, 0) is 9.59 Å². The Morgan fingerprint density at radius 2 is 2.21 bits per heavy atom. The Hall–Kier alpha value is -2.57. The van der Waals surface area contributed by atoms with E-state index in [0.29, 0.717) is 36.0 Å². The first-order valence-electron chi connectivity index (χ1n) is 5.82. The molecule has 7 nitrogen and oxygen atoms in total. The van der Waals surface area contributed by atoms with Gasteiger partial charge in [0.15, 0.2) is 11.9 Å². The molecule has 2 amide bonds. The number of piperidine rings is 1. The van der Waals surface area contributed by atoms with Crippen molar-refractivity contribution in [2.75, 3.05) is 0 Å². The van der Waals surface area contributed by atoms with E-state index in [1.165, 1.54) is 10.7 Å². The van der Waals surface area contributed by atoms with Gasteiger partial charge in [0, 0.05) is 12.0 Å². The third-order valence-corrected chi connectivity index (χ3v) is 3.25. The molecule has 0 spiro atoms. The Kier molecular flexibility index (Phi) is 2.59. The summed E-state index contributed by atoms with van der Waals surface area (Å²) in [5, 5.41) is 10.0. The molecule has 0 aromatic carbocycles. The molecule has 3 rings (SSSR count). The van der Waals surface area contributed by atoms with Crippen molar-refractivity contribution in [1.82, 2.24) is 19.9 Å². The average molecular weight is 258 g/mol. The lowest BCUT2D eigenvalue weighted by molar-refractivity contribution is -0.134. The molecule has 0 radical (unpaired) electrons. The quantitative estimate of drug-likeness (QED) is 0.607. The third-order valence-electron chi connectivity index (χ3n) is 3.25. The fraction of sp³-hybridized carbons (Fsp3) is 0.250. The Morgan fingerprint density at radius 3 is 2.95 bits per heavy atom. The minimum atomic E-state index is -0.440. The van der Waals surface area contributed by atoms with Crippen LogP contribution in [0.4, 0.5) is 0 Å². The van der Waals surface area contributed by atoms with E-state index < -0.39 is 5.92 Å². The summed E-state index contributed by atoms with van der Waals surface area (Å²) in [5.74, 6) is -1.03. The molecule has 1 aliphatic rings. The Labute approximate surface area is 107 Å². The van der Waals surface area contributed by atoms with Crippen LogP contribution in [0.2, 0.25) is 0 Å². The summed E-state index contributed by atoms with van der Waals surface area (Å²) in [6, 6.07) is 3.30. The Bertz CT molecular complexity index is 691. The van der Waals surface area contributed by atoms with Crippen molar-refractivity contribution in [3.05, 3.63) is 29.7 Å². The number of nitrogens with one attached hydrogen (secondary N) is 1. The number of fused-ring (bicyclic) bond motifs is 1. The number of pyridine rings is 1. The van der Waals surface area contributed by atoms with E-state index in [-0.39, 0.29) is 11.8 Å². The summed E-state index contributed by atoms with van der Waals surface area (Å²) in [6.07, 6.45) is 2.86. The molecule has 1 N–H and O–H groups in total. The van der Waals surface area contributed by atoms with Gasteiger partial charge in [-0.2, -0.15) is 0 Å². The van der Waals surface area contributed by atoms with Gasteiger partial charge in [0.1, 0.15) is 6.33 Å². The standard InChI is InChI=1S/C12H10N4O3/c17-5-7-1-2-8(11-15-13-6-16(7)11)9-3-4-10(18)14-12(9)19/h1-2,5-6,9H,3-4H2,(H,14,18,19). The summed E-state index contributed by atoms with van der Waals surface area (Å²) in [5.41, 5.74) is 1.56. The minimum absolute atomic E-state index is 0.261. The number of imide groups is 1. The van der Waals surface area contributed by atoms with Crippen LogP contribution in [0.15, 0.2) is 18.5 Å². The summed E-state index contributed by atoms with van der Waals surface area (Å²) in [4.78, 5) is 33.9. The first-order chi connectivity index (χ1) is 9.20. The number of nitrogens with zero attached hydrogens (tertiary/aromatic N) is 3. The fourth-order valence-corrected chi connectivity index (χ4v) is 2.31. The number of rotatable bonds is 2. The molecule has 0 saturated carbocycles. The maximum Gasteiger partial charge on any atom is 0.234 e. The monoisotopic (exact) mass is 258 g/mol. The maximum atomic E-state index is 11.9. The molecule has 96 valence electrons. The van der Waals surface area contributed by atoms with Crippen LogP contribution in [0.25, 0.3) is 5.65 Å². The van der Waals surface area contributed by atoms with E-state index in [4.69, 9.17) is 0 Å². The molecule has 1 unspecified atom stereocenters. The first-order valence-corrected chi connectivity index (χ1v) is 5.82. The van der Waals surface area contributed by atoms with E-state index in [0.717, 1.165) is 0 Å². The SMILES string of the molecule is O=Cc1ccc(C2CCC(=O)NC2=O)c2nncn12. The number of aldehydes is 1. The van der Waals surface area contributed by atoms with Gasteiger partial charge in [-0.25, -0.2) is 0 Å². The van der Waals surface area contributed by atoms with E-state index in [1.807, 2.05) is 0 Å². The molecule has 7 heteroatoms. The largest absolute Gasteiger partial charge is 0.296 e. The Morgan fingerprint density at radius 1 is 1.37 bits per heavy atom. The number of aromatic nitrogens is 3. The fourth-order valence-electron chi connectivity index (χ4n) is 2.31.